The van der Waals surface area contributed by atoms with Gasteiger partial charge in [-0.15, -0.1) is 0 Å². The lowest BCUT2D eigenvalue weighted by Gasteiger charge is -2.04. The molecule has 7 nitrogen and oxygen atoms in total. The third kappa shape index (κ3) is 5.91. The molecule has 0 aliphatic heterocycles. The Morgan fingerprint density at radius 2 is 1.40 bits per heavy atom. The highest BCUT2D eigenvalue weighted by atomic mass is 16.2. The van der Waals surface area contributed by atoms with Gasteiger partial charge in [-0.2, -0.15) is 5.10 Å². The lowest BCUT2D eigenvalue weighted by molar-refractivity contribution is -0.136. The van der Waals surface area contributed by atoms with Crippen molar-refractivity contribution < 1.29 is 14.4 Å². The summed E-state index contributed by atoms with van der Waals surface area (Å²) in [5.74, 6) is -1.83. The zero-order valence-electron chi connectivity index (χ0n) is 13.9. The van der Waals surface area contributed by atoms with E-state index in [1.165, 1.54) is 13.1 Å². The van der Waals surface area contributed by atoms with Crippen LogP contribution in [0.25, 0.3) is 0 Å². The van der Waals surface area contributed by atoms with Crippen LogP contribution in [0.5, 0.6) is 0 Å². The number of carbonyl (C=O) groups is 3. The Morgan fingerprint density at radius 1 is 0.840 bits per heavy atom. The first kappa shape index (κ1) is 17.9. The van der Waals surface area contributed by atoms with Crippen LogP contribution >= 0.6 is 0 Å². The topological polar surface area (TPSA) is 99.7 Å². The fourth-order valence-electron chi connectivity index (χ4n) is 1.90. The van der Waals surface area contributed by atoms with E-state index in [1.807, 2.05) is 19.1 Å². The Kier molecular flexibility index (Phi) is 6.00. The molecule has 7 heteroatoms. The average molecular weight is 338 g/mol. The molecule has 0 fully saturated rings. The molecule has 0 aromatic heterocycles. The second kappa shape index (κ2) is 8.39. The third-order valence-electron chi connectivity index (χ3n) is 3.13. The molecule has 0 atom stereocenters. The van der Waals surface area contributed by atoms with Gasteiger partial charge in [0.1, 0.15) is 0 Å². The van der Waals surface area contributed by atoms with Crippen molar-refractivity contribution in [2.24, 2.45) is 5.10 Å². The minimum absolute atomic E-state index is 0.159. The predicted molar refractivity (Wildman–Crippen MR) is 96.3 cm³/mol. The van der Waals surface area contributed by atoms with Gasteiger partial charge in [0.15, 0.2) is 0 Å². The van der Waals surface area contributed by atoms with Crippen molar-refractivity contribution in [3.05, 3.63) is 59.7 Å². The molecule has 2 aromatic rings. The van der Waals surface area contributed by atoms with Gasteiger partial charge in [-0.3, -0.25) is 14.4 Å². The molecule has 0 saturated heterocycles. The van der Waals surface area contributed by atoms with E-state index in [0.29, 0.717) is 16.9 Å². The van der Waals surface area contributed by atoms with Crippen molar-refractivity contribution in [1.82, 2.24) is 5.43 Å². The van der Waals surface area contributed by atoms with E-state index in [4.69, 9.17) is 0 Å². The first-order chi connectivity index (χ1) is 11.9. The van der Waals surface area contributed by atoms with Gasteiger partial charge in [-0.1, -0.05) is 29.8 Å². The van der Waals surface area contributed by atoms with E-state index in [2.05, 4.69) is 21.2 Å². The van der Waals surface area contributed by atoms with Gasteiger partial charge < -0.3 is 10.6 Å². The summed E-state index contributed by atoms with van der Waals surface area (Å²) in [7, 11) is 0. The quantitative estimate of drug-likeness (QED) is 0.452. The summed E-state index contributed by atoms with van der Waals surface area (Å²) in [6.45, 7) is 3.35. The fourth-order valence-corrected chi connectivity index (χ4v) is 1.90. The number of hydrogen-bond donors (Lipinski definition) is 3. The van der Waals surface area contributed by atoms with Gasteiger partial charge in [0.25, 0.3) is 0 Å². The molecule has 0 radical (unpaired) electrons. The highest BCUT2D eigenvalue weighted by Gasteiger charge is 2.12. The maximum atomic E-state index is 11.7. The van der Waals surface area contributed by atoms with E-state index in [1.54, 1.807) is 36.4 Å². The zero-order valence-corrected chi connectivity index (χ0v) is 13.9. The van der Waals surface area contributed by atoms with Crippen molar-refractivity contribution >= 4 is 35.3 Å². The van der Waals surface area contributed by atoms with E-state index >= 15 is 0 Å². The summed E-state index contributed by atoms with van der Waals surface area (Å²) in [5.41, 5.74) is 5.10. The van der Waals surface area contributed by atoms with E-state index < -0.39 is 11.8 Å². The van der Waals surface area contributed by atoms with Crippen LogP contribution < -0.4 is 16.1 Å². The second-order valence-electron chi connectivity index (χ2n) is 5.32. The van der Waals surface area contributed by atoms with Gasteiger partial charge >= 0.3 is 11.8 Å². The molecule has 0 spiro atoms. The number of hydrogen-bond acceptors (Lipinski definition) is 4. The number of rotatable bonds is 4. The first-order valence-electron chi connectivity index (χ1n) is 7.53. The Morgan fingerprint density at radius 3 is 2.00 bits per heavy atom. The van der Waals surface area contributed by atoms with Crippen molar-refractivity contribution in [2.45, 2.75) is 13.8 Å². The summed E-state index contributed by atoms with van der Waals surface area (Å²) in [6, 6.07) is 13.9. The van der Waals surface area contributed by atoms with Crippen molar-refractivity contribution in [3.63, 3.8) is 0 Å². The summed E-state index contributed by atoms with van der Waals surface area (Å²) in [4.78, 5) is 34.4. The molecular formula is C18H18N4O3. The Balaban J connectivity index is 1.85. The second-order valence-corrected chi connectivity index (χ2v) is 5.32. The molecule has 0 aliphatic carbocycles. The number of anilines is 2. The summed E-state index contributed by atoms with van der Waals surface area (Å²) < 4.78 is 0. The molecule has 3 amide bonds. The molecule has 2 rings (SSSR count). The number of aryl methyl sites for hydroxylation is 1. The summed E-state index contributed by atoms with van der Waals surface area (Å²) in [5, 5.41) is 8.86. The van der Waals surface area contributed by atoms with Gasteiger partial charge in [-0.25, -0.2) is 5.43 Å². The number of amides is 3. The summed E-state index contributed by atoms with van der Waals surface area (Å²) >= 11 is 0. The third-order valence-corrected chi connectivity index (χ3v) is 3.13. The van der Waals surface area contributed by atoms with Crippen molar-refractivity contribution in [3.8, 4) is 0 Å². The Labute approximate surface area is 145 Å². The Hall–Kier alpha value is -3.48. The fraction of sp³-hybridized carbons (Fsp3) is 0.111. The van der Waals surface area contributed by atoms with E-state index in [-0.39, 0.29) is 5.91 Å². The smallest absolute Gasteiger partial charge is 0.326 e. The van der Waals surface area contributed by atoms with E-state index in [9.17, 15) is 14.4 Å². The highest BCUT2D eigenvalue weighted by Crippen LogP contribution is 2.09. The van der Waals surface area contributed by atoms with E-state index in [0.717, 1.165) is 5.56 Å². The molecule has 2 aromatic carbocycles. The molecule has 0 aliphatic rings. The highest BCUT2D eigenvalue weighted by molar-refractivity contribution is 6.39. The molecule has 0 saturated carbocycles. The minimum Gasteiger partial charge on any atom is -0.326 e. The van der Waals surface area contributed by atoms with Crippen LogP contribution in [0.1, 0.15) is 18.1 Å². The monoisotopic (exact) mass is 338 g/mol. The number of nitrogens with zero attached hydrogens (tertiary/aromatic N) is 1. The number of carbonyl (C=O) groups excluding carboxylic acids is 3. The maximum absolute atomic E-state index is 11.7. The van der Waals surface area contributed by atoms with Gasteiger partial charge in [-0.05, 0) is 36.8 Å². The largest absolute Gasteiger partial charge is 0.329 e. The van der Waals surface area contributed by atoms with Crippen molar-refractivity contribution in [2.75, 3.05) is 10.6 Å². The van der Waals surface area contributed by atoms with Crippen LogP contribution in [0, 0.1) is 6.92 Å². The molecule has 3 N–H and O–H groups in total. The van der Waals surface area contributed by atoms with Crippen molar-refractivity contribution in [1.29, 1.82) is 0 Å². The van der Waals surface area contributed by atoms with Crippen LogP contribution in [0.4, 0.5) is 11.4 Å². The van der Waals surface area contributed by atoms with Gasteiger partial charge in [0.05, 0.1) is 6.21 Å². The SMILES string of the molecule is CC(=O)Nc1ccc(/C=N\NC(=O)C(=O)Nc2ccc(C)cc2)cc1. The molecule has 0 unspecified atom stereocenters. The molecular weight excluding hydrogens is 320 g/mol. The van der Waals surface area contributed by atoms with Gasteiger partial charge in [0.2, 0.25) is 5.91 Å². The maximum Gasteiger partial charge on any atom is 0.329 e. The molecule has 0 bridgehead atoms. The molecule has 0 heterocycles. The standard InChI is InChI=1S/C18H18N4O3/c1-12-3-7-16(8-4-12)21-17(24)18(25)22-19-11-14-5-9-15(10-6-14)20-13(2)23/h3-11H,1-2H3,(H,20,23)(H,21,24)(H,22,25)/b19-11-. The lowest BCUT2D eigenvalue weighted by atomic mass is 10.2. The number of hydrazone groups is 1. The number of nitrogens with one attached hydrogen (secondary N) is 3. The number of benzene rings is 2. The lowest BCUT2D eigenvalue weighted by Crippen LogP contribution is -2.32. The molecule has 128 valence electrons. The predicted octanol–water partition coefficient (Wildman–Crippen LogP) is 2.04. The van der Waals surface area contributed by atoms with Gasteiger partial charge in [0, 0.05) is 18.3 Å². The van der Waals surface area contributed by atoms with Crippen LogP contribution in [0.15, 0.2) is 53.6 Å². The zero-order chi connectivity index (χ0) is 18.2. The van der Waals surface area contributed by atoms with Crippen LogP contribution in [-0.4, -0.2) is 23.9 Å². The van der Waals surface area contributed by atoms with Crippen LogP contribution in [0.3, 0.4) is 0 Å². The van der Waals surface area contributed by atoms with Crippen LogP contribution in [-0.2, 0) is 14.4 Å². The Bertz CT molecular complexity index is 796. The van der Waals surface area contributed by atoms with Crippen LogP contribution in [0.2, 0.25) is 0 Å². The molecule has 25 heavy (non-hydrogen) atoms. The normalized spacial score (nSPS) is 10.3. The first-order valence-corrected chi connectivity index (χ1v) is 7.53. The summed E-state index contributed by atoms with van der Waals surface area (Å²) in [6.07, 6.45) is 1.40. The minimum atomic E-state index is -0.869. The average Bonchev–Trinajstić information content (AvgIpc) is 2.58.